The van der Waals surface area contributed by atoms with Crippen molar-refractivity contribution in [3.8, 4) is 5.75 Å². The lowest BCUT2D eigenvalue weighted by Crippen LogP contribution is -2.15. The van der Waals surface area contributed by atoms with Gasteiger partial charge < -0.3 is 10.1 Å². The summed E-state index contributed by atoms with van der Waals surface area (Å²) in [6.07, 6.45) is 3.48. The summed E-state index contributed by atoms with van der Waals surface area (Å²) in [4.78, 5) is 16.0. The van der Waals surface area contributed by atoms with Crippen LogP contribution in [0.4, 0.5) is 5.69 Å². The van der Waals surface area contributed by atoms with Gasteiger partial charge in [0.05, 0.1) is 19.6 Å². The maximum atomic E-state index is 12.1. The van der Waals surface area contributed by atoms with Crippen LogP contribution < -0.4 is 10.1 Å². The van der Waals surface area contributed by atoms with E-state index in [-0.39, 0.29) is 5.91 Å². The molecule has 3 aromatic rings. The van der Waals surface area contributed by atoms with Crippen molar-refractivity contribution in [1.29, 1.82) is 0 Å². The van der Waals surface area contributed by atoms with Gasteiger partial charge in [-0.1, -0.05) is 24.3 Å². The van der Waals surface area contributed by atoms with Gasteiger partial charge in [-0.05, 0) is 48.7 Å². The van der Waals surface area contributed by atoms with Gasteiger partial charge >= 0.3 is 0 Å². The second-order valence-electron chi connectivity index (χ2n) is 6.21. The quantitative estimate of drug-likeness (QED) is 0.709. The Morgan fingerprint density at radius 1 is 1.15 bits per heavy atom. The van der Waals surface area contributed by atoms with Crippen LogP contribution in [0.5, 0.6) is 5.75 Å². The third-order valence-corrected chi connectivity index (χ3v) is 3.98. The number of hydrogen-bond acceptors (Lipinski definition) is 4. The number of aryl methyl sites for hydroxylation is 2. The summed E-state index contributed by atoms with van der Waals surface area (Å²) in [5, 5.41) is 6.96. The molecule has 0 bridgehead atoms. The van der Waals surface area contributed by atoms with Gasteiger partial charge in [0.15, 0.2) is 0 Å². The number of hydrogen-bond donors (Lipinski definition) is 1. The summed E-state index contributed by atoms with van der Waals surface area (Å²) < 4.78 is 7.48. The fraction of sp³-hybridized carbons (Fsp3) is 0.250. The average molecular weight is 350 g/mol. The van der Waals surface area contributed by atoms with Crippen molar-refractivity contribution in [2.24, 2.45) is 0 Å². The van der Waals surface area contributed by atoms with Crippen LogP contribution in [0.3, 0.4) is 0 Å². The number of carbonyl (C=O) groups is 1. The SMILES string of the molecule is Cc1ccc(C)c(OCCC(=O)Nc2ccc(Cn3cncn3)cc2)c1. The molecule has 0 spiro atoms. The van der Waals surface area contributed by atoms with Gasteiger partial charge in [0, 0.05) is 5.69 Å². The van der Waals surface area contributed by atoms with Crippen molar-refractivity contribution in [1.82, 2.24) is 14.8 Å². The minimum atomic E-state index is -0.0701. The van der Waals surface area contributed by atoms with Crippen molar-refractivity contribution in [2.45, 2.75) is 26.8 Å². The van der Waals surface area contributed by atoms with Crippen molar-refractivity contribution in [3.05, 3.63) is 71.8 Å². The van der Waals surface area contributed by atoms with Crippen molar-refractivity contribution < 1.29 is 9.53 Å². The molecule has 1 amide bonds. The molecule has 0 aliphatic carbocycles. The zero-order valence-electron chi connectivity index (χ0n) is 15.0. The van der Waals surface area contributed by atoms with E-state index in [1.54, 1.807) is 11.0 Å². The molecule has 2 aromatic carbocycles. The molecule has 1 aromatic heterocycles. The zero-order chi connectivity index (χ0) is 18.4. The van der Waals surface area contributed by atoms with Gasteiger partial charge in [-0.15, -0.1) is 0 Å². The molecule has 1 heterocycles. The third-order valence-electron chi connectivity index (χ3n) is 3.98. The number of anilines is 1. The fourth-order valence-electron chi connectivity index (χ4n) is 2.53. The van der Waals surface area contributed by atoms with Crippen molar-refractivity contribution in [3.63, 3.8) is 0 Å². The number of ether oxygens (including phenoxy) is 1. The van der Waals surface area contributed by atoms with Crippen LogP contribution >= 0.6 is 0 Å². The standard InChI is InChI=1S/C20H22N4O2/c1-15-3-4-16(2)19(11-15)26-10-9-20(25)23-18-7-5-17(6-8-18)12-24-14-21-13-22-24/h3-8,11,13-14H,9-10,12H2,1-2H3,(H,23,25). The minimum Gasteiger partial charge on any atom is -0.493 e. The highest BCUT2D eigenvalue weighted by Gasteiger charge is 2.05. The highest BCUT2D eigenvalue weighted by atomic mass is 16.5. The van der Waals surface area contributed by atoms with Gasteiger partial charge in [-0.3, -0.25) is 4.79 Å². The van der Waals surface area contributed by atoms with Crippen LogP contribution in [-0.2, 0) is 11.3 Å². The molecular formula is C20H22N4O2. The molecule has 0 saturated carbocycles. The normalized spacial score (nSPS) is 10.5. The highest BCUT2D eigenvalue weighted by Crippen LogP contribution is 2.19. The van der Waals surface area contributed by atoms with Gasteiger partial charge in [0.2, 0.25) is 5.91 Å². The molecule has 1 N–H and O–H groups in total. The van der Waals surface area contributed by atoms with E-state index in [4.69, 9.17) is 4.74 Å². The maximum absolute atomic E-state index is 12.1. The smallest absolute Gasteiger partial charge is 0.227 e. The molecule has 134 valence electrons. The molecule has 6 nitrogen and oxygen atoms in total. The second-order valence-corrected chi connectivity index (χ2v) is 6.21. The Hall–Kier alpha value is -3.15. The predicted molar refractivity (Wildman–Crippen MR) is 100 cm³/mol. The van der Waals surface area contributed by atoms with E-state index in [0.717, 1.165) is 28.1 Å². The number of amides is 1. The summed E-state index contributed by atoms with van der Waals surface area (Å²) in [5.74, 6) is 0.759. The number of benzene rings is 2. The van der Waals surface area contributed by atoms with E-state index in [1.165, 1.54) is 6.33 Å². The van der Waals surface area contributed by atoms with Crippen molar-refractivity contribution in [2.75, 3.05) is 11.9 Å². The van der Waals surface area contributed by atoms with E-state index in [1.807, 2.05) is 56.3 Å². The molecule has 6 heteroatoms. The molecule has 0 aliphatic heterocycles. The van der Waals surface area contributed by atoms with Crippen LogP contribution in [0.2, 0.25) is 0 Å². The van der Waals surface area contributed by atoms with E-state index >= 15 is 0 Å². The van der Waals surface area contributed by atoms with Gasteiger partial charge in [0.25, 0.3) is 0 Å². The van der Waals surface area contributed by atoms with E-state index in [2.05, 4.69) is 15.4 Å². The number of rotatable bonds is 7. The molecule has 0 atom stereocenters. The first kappa shape index (κ1) is 17.7. The van der Waals surface area contributed by atoms with Crippen LogP contribution in [0, 0.1) is 13.8 Å². The lowest BCUT2D eigenvalue weighted by Gasteiger charge is -2.10. The number of aromatic nitrogens is 3. The summed E-state index contributed by atoms with van der Waals surface area (Å²) in [7, 11) is 0. The van der Waals surface area contributed by atoms with Crippen LogP contribution in [0.1, 0.15) is 23.1 Å². The molecule has 0 radical (unpaired) electrons. The first-order valence-electron chi connectivity index (χ1n) is 8.51. The molecule has 0 fully saturated rings. The van der Waals surface area contributed by atoms with Gasteiger partial charge in [0.1, 0.15) is 18.4 Å². The topological polar surface area (TPSA) is 69.0 Å². The van der Waals surface area contributed by atoms with Crippen LogP contribution in [-0.4, -0.2) is 27.3 Å². The zero-order valence-corrected chi connectivity index (χ0v) is 15.0. The Morgan fingerprint density at radius 3 is 2.69 bits per heavy atom. The Balaban J connectivity index is 1.46. The van der Waals surface area contributed by atoms with Crippen LogP contribution in [0.25, 0.3) is 0 Å². The molecule has 0 aliphatic rings. The van der Waals surface area contributed by atoms with E-state index in [0.29, 0.717) is 19.6 Å². The van der Waals surface area contributed by atoms with E-state index < -0.39 is 0 Å². The summed E-state index contributed by atoms with van der Waals surface area (Å²) in [6, 6.07) is 13.7. The molecule has 26 heavy (non-hydrogen) atoms. The fourth-order valence-corrected chi connectivity index (χ4v) is 2.53. The monoisotopic (exact) mass is 350 g/mol. The molecular weight excluding hydrogens is 328 g/mol. The second kappa shape index (κ2) is 8.29. The summed E-state index contributed by atoms with van der Waals surface area (Å²) >= 11 is 0. The van der Waals surface area contributed by atoms with Crippen LogP contribution in [0.15, 0.2) is 55.1 Å². The molecule has 0 unspecified atom stereocenters. The Morgan fingerprint density at radius 2 is 1.96 bits per heavy atom. The lowest BCUT2D eigenvalue weighted by molar-refractivity contribution is -0.116. The van der Waals surface area contributed by atoms with E-state index in [9.17, 15) is 4.79 Å². The minimum absolute atomic E-state index is 0.0701. The lowest BCUT2D eigenvalue weighted by atomic mass is 10.1. The average Bonchev–Trinajstić information content (AvgIpc) is 3.13. The summed E-state index contributed by atoms with van der Waals surface area (Å²) in [5.41, 5.74) is 4.07. The maximum Gasteiger partial charge on any atom is 0.227 e. The Kier molecular flexibility index (Phi) is 5.63. The van der Waals surface area contributed by atoms with Gasteiger partial charge in [-0.2, -0.15) is 5.10 Å². The first-order valence-corrected chi connectivity index (χ1v) is 8.51. The largest absolute Gasteiger partial charge is 0.493 e. The number of nitrogens with zero attached hydrogens (tertiary/aromatic N) is 3. The molecule has 0 saturated heterocycles. The first-order chi connectivity index (χ1) is 12.6. The Bertz CT molecular complexity index is 858. The third kappa shape index (κ3) is 4.92. The predicted octanol–water partition coefficient (Wildman–Crippen LogP) is 3.35. The Labute approximate surface area is 152 Å². The number of carbonyl (C=O) groups excluding carboxylic acids is 1. The van der Waals surface area contributed by atoms with Gasteiger partial charge in [-0.25, -0.2) is 9.67 Å². The highest BCUT2D eigenvalue weighted by molar-refractivity contribution is 5.90. The number of nitrogens with one attached hydrogen (secondary N) is 1. The molecule has 3 rings (SSSR count). The van der Waals surface area contributed by atoms with Crippen molar-refractivity contribution >= 4 is 11.6 Å². The summed E-state index contributed by atoms with van der Waals surface area (Å²) in [6.45, 7) is 5.01.